The molecular weight excluding hydrogens is 380 g/mol. The Morgan fingerprint density at radius 3 is 2.21 bits per heavy atom. The molecule has 0 unspecified atom stereocenters. The molecule has 2 aromatic rings. The topological polar surface area (TPSA) is 67.8 Å². The summed E-state index contributed by atoms with van der Waals surface area (Å²) in [5, 5.41) is 0.480. The fourth-order valence-corrected chi connectivity index (χ4v) is 3.55. The van der Waals surface area contributed by atoms with Crippen LogP contribution < -0.4 is 14.4 Å². The van der Waals surface area contributed by atoms with Crippen LogP contribution in [0.3, 0.4) is 0 Å². The first-order chi connectivity index (χ1) is 13.6. The molecule has 0 radical (unpaired) electrons. The van der Waals surface area contributed by atoms with Gasteiger partial charge in [-0.2, -0.15) is 0 Å². The van der Waals surface area contributed by atoms with Crippen LogP contribution in [0.4, 0.5) is 5.82 Å². The number of carbonyl (C=O) groups excluding carboxylic acids is 1. The summed E-state index contributed by atoms with van der Waals surface area (Å²) in [6.07, 6.45) is 2.26. The van der Waals surface area contributed by atoms with E-state index in [9.17, 15) is 4.79 Å². The molecule has 1 saturated heterocycles. The van der Waals surface area contributed by atoms with Crippen LogP contribution in [0.25, 0.3) is 0 Å². The Labute approximate surface area is 169 Å². The van der Waals surface area contributed by atoms with Gasteiger partial charge in [0.25, 0.3) is 5.91 Å². The number of piperazine rings is 1. The van der Waals surface area contributed by atoms with Gasteiger partial charge in [0.05, 0.1) is 14.2 Å². The zero-order valence-corrected chi connectivity index (χ0v) is 16.8. The maximum atomic E-state index is 12.9. The Hall–Kier alpha value is -2.54. The number of benzene rings is 1. The quantitative estimate of drug-likeness (QED) is 0.716. The van der Waals surface area contributed by atoms with E-state index in [4.69, 9.17) is 21.1 Å². The van der Waals surface area contributed by atoms with Gasteiger partial charge in [0.1, 0.15) is 28.3 Å². The van der Waals surface area contributed by atoms with Crippen molar-refractivity contribution < 1.29 is 14.3 Å². The van der Waals surface area contributed by atoms with Gasteiger partial charge in [0, 0.05) is 49.8 Å². The smallest absolute Gasteiger partial charge is 0.254 e. The van der Waals surface area contributed by atoms with Gasteiger partial charge in [-0.05, 0) is 25.0 Å². The second-order valence-electron chi connectivity index (χ2n) is 7.06. The van der Waals surface area contributed by atoms with Gasteiger partial charge in [-0.1, -0.05) is 11.6 Å². The number of anilines is 1. The standard InChI is InChI=1S/C20H23ClN4O3/c1-27-15-9-14(10-16(11-15)28-2)20(26)25-7-5-24(6-8-25)18-12-17(21)22-19(23-18)13-3-4-13/h9-13H,3-8H2,1-2H3. The number of hydrogen-bond donors (Lipinski definition) is 0. The number of nitrogens with zero attached hydrogens (tertiary/aromatic N) is 4. The van der Waals surface area contributed by atoms with Crippen molar-refractivity contribution in [2.24, 2.45) is 0 Å². The maximum Gasteiger partial charge on any atom is 0.254 e. The zero-order chi connectivity index (χ0) is 19.7. The van der Waals surface area contributed by atoms with Crippen LogP contribution in [-0.2, 0) is 0 Å². The molecule has 1 aromatic heterocycles. The number of halogens is 1. The van der Waals surface area contributed by atoms with Gasteiger partial charge < -0.3 is 19.3 Å². The molecule has 1 aromatic carbocycles. The van der Waals surface area contributed by atoms with Gasteiger partial charge in [-0.25, -0.2) is 9.97 Å². The van der Waals surface area contributed by atoms with Gasteiger partial charge in [0.15, 0.2) is 0 Å². The molecule has 1 aliphatic heterocycles. The summed E-state index contributed by atoms with van der Waals surface area (Å²) < 4.78 is 10.5. The van der Waals surface area contributed by atoms with E-state index >= 15 is 0 Å². The van der Waals surface area contributed by atoms with Crippen LogP contribution in [0.2, 0.25) is 5.15 Å². The molecule has 2 fully saturated rings. The second kappa shape index (κ2) is 7.83. The Kier molecular flexibility index (Phi) is 5.26. The number of aromatic nitrogens is 2. The number of methoxy groups -OCH3 is 2. The highest BCUT2D eigenvalue weighted by atomic mass is 35.5. The normalized spacial score (nSPS) is 16.8. The molecule has 0 bridgehead atoms. The van der Waals surface area contributed by atoms with Gasteiger partial charge in [-0.3, -0.25) is 4.79 Å². The molecule has 0 spiro atoms. The first-order valence-corrected chi connectivity index (χ1v) is 9.77. The van der Waals surface area contributed by atoms with Crippen molar-refractivity contribution in [1.29, 1.82) is 0 Å². The van der Waals surface area contributed by atoms with Crippen molar-refractivity contribution in [2.75, 3.05) is 45.3 Å². The molecule has 8 heteroatoms. The van der Waals surface area contributed by atoms with E-state index < -0.39 is 0 Å². The lowest BCUT2D eigenvalue weighted by Crippen LogP contribution is -2.49. The Balaban J connectivity index is 1.45. The second-order valence-corrected chi connectivity index (χ2v) is 7.45. The summed E-state index contributed by atoms with van der Waals surface area (Å²) in [5.74, 6) is 3.30. The molecule has 2 heterocycles. The van der Waals surface area contributed by atoms with Crippen molar-refractivity contribution in [2.45, 2.75) is 18.8 Å². The van der Waals surface area contributed by atoms with Crippen LogP contribution in [0.1, 0.15) is 34.9 Å². The summed E-state index contributed by atoms with van der Waals surface area (Å²) in [4.78, 5) is 26.0. The third kappa shape index (κ3) is 3.99. The molecule has 148 valence electrons. The van der Waals surface area contributed by atoms with Crippen molar-refractivity contribution in [3.8, 4) is 11.5 Å². The number of hydrogen-bond acceptors (Lipinski definition) is 6. The highest BCUT2D eigenvalue weighted by Gasteiger charge is 2.29. The van der Waals surface area contributed by atoms with E-state index in [0.29, 0.717) is 54.3 Å². The van der Waals surface area contributed by atoms with Gasteiger partial charge in [0.2, 0.25) is 0 Å². The summed E-state index contributed by atoms with van der Waals surface area (Å²) in [6.45, 7) is 2.62. The molecular formula is C20H23ClN4O3. The number of ether oxygens (including phenoxy) is 2. The molecule has 1 saturated carbocycles. The minimum atomic E-state index is -0.0313. The highest BCUT2D eigenvalue weighted by Crippen LogP contribution is 2.39. The fourth-order valence-electron chi connectivity index (χ4n) is 3.36. The Morgan fingerprint density at radius 1 is 1.00 bits per heavy atom. The van der Waals surface area contributed by atoms with Crippen LogP contribution in [0.15, 0.2) is 24.3 Å². The lowest BCUT2D eigenvalue weighted by molar-refractivity contribution is 0.0745. The van der Waals surface area contributed by atoms with Gasteiger partial charge >= 0.3 is 0 Å². The predicted molar refractivity (Wildman–Crippen MR) is 107 cm³/mol. The van der Waals surface area contributed by atoms with Gasteiger partial charge in [-0.15, -0.1) is 0 Å². The maximum absolute atomic E-state index is 12.9. The van der Waals surface area contributed by atoms with Crippen LogP contribution in [-0.4, -0.2) is 61.2 Å². The number of carbonyl (C=O) groups is 1. The molecule has 7 nitrogen and oxygen atoms in total. The first kappa shape index (κ1) is 18.8. The number of amides is 1. The van der Waals surface area contributed by atoms with E-state index in [2.05, 4.69) is 14.9 Å². The average Bonchev–Trinajstić information content (AvgIpc) is 3.58. The summed E-state index contributed by atoms with van der Waals surface area (Å²) in [5.41, 5.74) is 0.561. The molecule has 28 heavy (non-hydrogen) atoms. The van der Waals surface area contributed by atoms with E-state index in [1.807, 2.05) is 4.90 Å². The third-order valence-corrected chi connectivity index (χ3v) is 5.32. The third-order valence-electron chi connectivity index (χ3n) is 5.13. The summed E-state index contributed by atoms with van der Waals surface area (Å²) in [7, 11) is 3.15. The van der Waals surface area contributed by atoms with Crippen molar-refractivity contribution in [1.82, 2.24) is 14.9 Å². The molecule has 1 amide bonds. The lowest BCUT2D eigenvalue weighted by Gasteiger charge is -2.35. The molecule has 2 aliphatic rings. The van der Waals surface area contributed by atoms with Crippen molar-refractivity contribution in [3.63, 3.8) is 0 Å². The van der Waals surface area contributed by atoms with Crippen molar-refractivity contribution >= 4 is 23.3 Å². The molecule has 4 rings (SSSR count). The monoisotopic (exact) mass is 402 g/mol. The van der Waals surface area contributed by atoms with Crippen LogP contribution >= 0.6 is 11.6 Å². The summed E-state index contributed by atoms with van der Waals surface area (Å²) in [6, 6.07) is 7.04. The largest absolute Gasteiger partial charge is 0.497 e. The Morgan fingerprint density at radius 2 is 1.64 bits per heavy atom. The SMILES string of the molecule is COc1cc(OC)cc(C(=O)N2CCN(c3cc(Cl)nc(C4CC4)n3)CC2)c1. The lowest BCUT2D eigenvalue weighted by atomic mass is 10.1. The van der Waals surface area contributed by atoms with E-state index in [1.165, 1.54) is 0 Å². The molecule has 0 atom stereocenters. The minimum absolute atomic E-state index is 0.0313. The zero-order valence-electron chi connectivity index (χ0n) is 16.0. The van der Waals surface area contributed by atoms with E-state index in [0.717, 1.165) is 24.5 Å². The number of rotatable bonds is 5. The van der Waals surface area contributed by atoms with Crippen LogP contribution in [0, 0.1) is 0 Å². The Bertz CT molecular complexity index is 857. The van der Waals surface area contributed by atoms with Crippen molar-refractivity contribution in [3.05, 3.63) is 40.8 Å². The predicted octanol–water partition coefficient (Wildman–Crippen LogP) is 2.99. The highest BCUT2D eigenvalue weighted by molar-refractivity contribution is 6.29. The average molecular weight is 403 g/mol. The van der Waals surface area contributed by atoms with Crippen LogP contribution in [0.5, 0.6) is 11.5 Å². The van der Waals surface area contributed by atoms with E-state index in [-0.39, 0.29) is 5.91 Å². The fraction of sp³-hybridized carbons (Fsp3) is 0.450. The minimum Gasteiger partial charge on any atom is -0.497 e. The molecule has 1 aliphatic carbocycles. The van der Waals surface area contributed by atoms with E-state index in [1.54, 1.807) is 38.5 Å². The molecule has 0 N–H and O–H groups in total. The first-order valence-electron chi connectivity index (χ1n) is 9.39. The summed E-state index contributed by atoms with van der Waals surface area (Å²) >= 11 is 6.19.